The molecule has 1 aliphatic carbocycles. The van der Waals surface area contributed by atoms with Crippen LogP contribution in [0.3, 0.4) is 0 Å². The molecule has 1 aromatic rings. The van der Waals surface area contributed by atoms with Crippen LogP contribution >= 0.6 is 0 Å². The van der Waals surface area contributed by atoms with E-state index in [4.69, 9.17) is 0 Å². The zero-order chi connectivity index (χ0) is 12.8. The van der Waals surface area contributed by atoms with Crippen molar-refractivity contribution in [2.75, 3.05) is 5.43 Å². The van der Waals surface area contributed by atoms with Gasteiger partial charge in [0, 0.05) is 6.42 Å². The standard InChI is InChI=1S/C14H20N2O2/c17-13-9-5-4-6-11(13)10-14(18)16-15-12-7-2-1-3-8-12/h1-3,7-8,11,13,15,17H,4-6,9-10H2,(H,16,18). The third-order valence-corrected chi connectivity index (χ3v) is 3.44. The molecule has 2 rings (SSSR count). The van der Waals surface area contributed by atoms with Crippen molar-refractivity contribution in [1.29, 1.82) is 0 Å². The van der Waals surface area contributed by atoms with Crippen LogP contribution in [0, 0.1) is 5.92 Å². The van der Waals surface area contributed by atoms with Gasteiger partial charge in [-0.05, 0) is 30.9 Å². The molecule has 0 aliphatic heterocycles. The molecule has 0 saturated heterocycles. The molecule has 0 aromatic heterocycles. The first kappa shape index (κ1) is 12.9. The quantitative estimate of drug-likeness (QED) is 0.715. The molecule has 2 atom stereocenters. The lowest BCUT2D eigenvalue weighted by Crippen LogP contribution is -2.34. The van der Waals surface area contributed by atoms with Gasteiger partial charge in [0.1, 0.15) is 0 Å². The average Bonchev–Trinajstić information content (AvgIpc) is 2.40. The first-order valence-corrected chi connectivity index (χ1v) is 6.53. The highest BCUT2D eigenvalue weighted by molar-refractivity contribution is 5.77. The summed E-state index contributed by atoms with van der Waals surface area (Å²) in [6.07, 6.45) is 4.02. The van der Waals surface area contributed by atoms with Crippen LogP contribution < -0.4 is 10.9 Å². The maximum absolute atomic E-state index is 11.7. The zero-order valence-electron chi connectivity index (χ0n) is 10.4. The summed E-state index contributed by atoms with van der Waals surface area (Å²) in [6, 6.07) is 9.50. The van der Waals surface area contributed by atoms with Gasteiger partial charge in [0.15, 0.2) is 0 Å². The molecule has 1 aliphatic rings. The summed E-state index contributed by atoms with van der Waals surface area (Å²) < 4.78 is 0. The predicted molar refractivity (Wildman–Crippen MR) is 70.8 cm³/mol. The van der Waals surface area contributed by atoms with Crippen molar-refractivity contribution < 1.29 is 9.90 Å². The van der Waals surface area contributed by atoms with Gasteiger partial charge in [-0.2, -0.15) is 0 Å². The van der Waals surface area contributed by atoms with Crippen LogP contribution in [0.25, 0.3) is 0 Å². The van der Waals surface area contributed by atoms with Gasteiger partial charge >= 0.3 is 0 Å². The second-order valence-electron chi connectivity index (χ2n) is 4.86. The molecule has 0 radical (unpaired) electrons. The number of anilines is 1. The Bertz CT molecular complexity index is 381. The lowest BCUT2D eigenvalue weighted by Gasteiger charge is -2.26. The van der Waals surface area contributed by atoms with E-state index in [-0.39, 0.29) is 17.9 Å². The number of aliphatic hydroxyl groups is 1. The second kappa shape index (κ2) is 6.40. The second-order valence-corrected chi connectivity index (χ2v) is 4.86. The fourth-order valence-corrected chi connectivity index (χ4v) is 2.38. The van der Waals surface area contributed by atoms with E-state index in [2.05, 4.69) is 10.9 Å². The molecule has 1 fully saturated rings. The Morgan fingerprint density at radius 2 is 1.94 bits per heavy atom. The van der Waals surface area contributed by atoms with Crippen LogP contribution in [0.5, 0.6) is 0 Å². The molecule has 1 aromatic carbocycles. The van der Waals surface area contributed by atoms with Gasteiger partial charge in [-0.1, -0.05) is 31.0 Å². The third kappa shape index (κ3) is 3.74. The minimum Gasteiger partial charge on any atom is -0.393 e. The number of hydrogen-bond donors (Lipinski definition) is 3. The molecule has 0 spiro atoms. The molecule has 1 amide bonds. The maximum atomic E-state index is 11.7. The molecule has 0 heterocycles. The highest BCUT2D eigenvalue weighted by Gasteiger charge is 2.25. The molecule has 3 N–H and O–H groups in total. The molecule has 98 valence electrons. The number of para-hydroxylation sites is 1. The van der Waals surface area contributed by atoms with E-state index in [1.807, 2.05) is 30.3 Å². The van der Waals surface area contributed by atoms with E-state index >= 15 is 0 Å². The Kier molecular flexibility index (Phi) is 4.59. The van der Waals surface area contributed by atoms with Crippen molar-refractivity contribution in [2.45, 2.75) is 38.2 Å². The van der Waals surface area contributed by atoms with Crippen LogP contribution in [-0.4, -0.2) is 17.1 Å². The third-order valence-electron chi connectivity index (χ3n) is 3.44. The van der Waals surface area contributed by atoms with Crippen LogP contribution in [0.4, 0.5) is 5.69 Å². The van der Waals surface area contributed by atoms with E-state index in [1.165, 1.54) is 0 Å². The number of rotatable bonds is 4. The minimum atomic E-state index is -0.318. The SMILES string of the molecule is O=C(CC1CCCCC1O)NNc1ccccc1. The number of nitrogens with one attached hydrogen (secondary N) is 2. The van der Waals surface area contributed by atoms with Gasteiger partial charge in [-0.3, -0.25) is 15.6 Å². The Labute approximate surface area is 107 Å². The topological polar surface area (TPSA) is 61.4 Å². The molecular weight excluding hydrogens is 228 g/mol. The highest BCUT2D eigenvalue weighted by Crippen LogP contribution is 2.26. The highest BCUT2D eigenvalue weighted by atomic mass is 16.3. The van der Waals surface area contributed by atoms with E-state index in [0.717, 1.165) is 31.4 Å². The number of benzene rings is 1. The molecule has 2 unspecified atom stereocenters. The van der Waals surface area contributed by atoms with Crippen LogP contribution in [0.2, 0.25) is 0 Å². The molecule has 18 heavy (non-hydrogen) atoms. The first-order valence-electron chi connectivity index (χ1n) is 6.53. The number of carbonyl (C=O) groups excluding carboxylic acids is 1. The Morgan fingerprint density at radius 1 is 1.22 bits per heavy atom. The Morgan fingerprint density at radius 3 is 2.67 bits per heavy atom. The van der Waals surface area contributed by atoms with Crippen molar-refractivity contribution in [2.24, 2.45) is 5.92 Å². The van der Waals surface area contributed by atoms with E-state index in [9.17, 15) is 9.90 Å². The van der Waals surface area contributed by atoms with Crippen LogP contribution in [-0.2, 0) is 4.79 Å². The van der Waals surface area contributed by atoms with Gasteiger partial charge in [0.2, 0.25) is 5.91 Å². The zero-order valence-corrected chi connectivity index (χ0v) is 10.4. The largest absolute Gasteiger partial charge is 0.393 e. The maximum Gasteiger partial charge on any atom is 0.238 e. The Balaban J connectivity index is 1.75. The summed E-state index contributed by atoms with van der Waals surface area (Å²) in [5.41, 5.74) is 6.39. The lowest BCUT2D eigenvalue weighted by molar-refractivity contribution is -0.122. The number of aliphatic hydroxyl groups excluding tert-OH is 1. The number of carbonyl (C=O) groups is 1. The summed E-state index contributed by atoms with van der Waals surface area (Å²) >= 11 is 0. The fraction of sp³-hybridized carbons (Fsp3) is 0.500. The van der Waals surface area contributed by atoms with Crippen LogP contribution in [0.1, 0.15) is 32.1 Å². The number of amides is 1. The number of hydrogen-bond acceptors (Lipinski definition) is 3. The summed E-state index contributed by atoms with van der Waals surface area (Å²) in [5.74, 6) is 0.0427. The Hall–Kier alpha value is -1.55. The predicted octanol–water partition coefficient (Wildman–Crippen LogP) is 2.07. The normalized spacial score (nSPS) is 23.4. The van der Waals surface area contributed by atoms with Gasteiger partial charge in [0.25, 0.3) is 0 Å². The molecule has 0 bridgehead atoms. The van der Waals surface area contributed by atoms with Crippen molar-refractivity contribution in [3.63, 3.8) is 0 Å². The van der Waals surface area contributed by atoms with E-state index < -0.39 is 0 Å². The van der Waals surface area contributed by atoms with Crippen molar-refractivity contribution >= 4 is 11.6 Å². The van der Waals surface area contributed by atoms with Gasteiger partial charge < -0.3 is 5.11 Å². The van der Waals surface area contributed by atoms with Gasteiger partial charge in [-0.25, -0.2) is 0 Å². The van der Waals surface area contributed by atoms with Crippen molar-refractivity contribution in [3.05, 3.63) is 30.3 Å². The van der Waals surface area contributed by atoms with E-state index in [0.29, 0.717) is 6.42 Å². The summed E-state index contributed by atoms with van der Waals surface area (Å²) in [7, 11) is 0. The molecule has 1 saturated carbocycles. The smallest absolute Gasteiger partial charge is 0.238 e. The minimum absolute atomic E-state index is 0.0650. The van der Waals surface area contributed by atoms with Crippen molar-refractivity contribution in [3.8, 4) is 0 Å². The number of hydrazine groups is 1. The monoisotopic (exact) mass is 248 g/mol. The van der Waals surface area contributed by atoms with Gasteiger partial charge in [-0.15, -0.1) is 0 Å². The van der Waals surface area contributed by atoms with Crippen LogP contribution in [0.15, 0.2) is 30.3 Å². The van der Waals surface area contributed by atoms with Gasteiger partial charge in [0.05, 0.1) is 11.8 Å². The van der Waals surface area contributed by atoms with Crippen molar-refractivity contribution in [1.82, 2.24) is 5.43 Å². The molecular formula is C14H20N2O2. The van der Waals surface area contributed by atoms with E-state index in [1.54, 1.807) is 0 Å². The lowest BCUT2D eigenvalue weighted by atomic mass is 9.84. The summed E-state index contributed by atoms with van der Waals surface area (Å²) in [6.45, 7) is 0. The fourth-order valence-electron chi connectivity index (χ4n) is 2.38. The summed E-state index contributed by atoms with van der Waals surface area (Å²) in [5, 5.41) is 9.80. The molecule has 4 heteroatoms. The first-order chi connectivity index (χ1) is 8.75. The molecule has 4 nitrogen and oxygen atoms in total. The summed E-state index contributed by atoms with van der Waals surface area (Å²) in [4.78, 5) is 11.7. The average molecular weight is 248 g/mol.